The van der Waals surface area contributed by atoms with E-state index in [0.717, 1.165) is 38.5 Å². The summed E-state index contributed by atoms with van der Waals surface area (Å²) < 4.78 is 20.0. The van der Waals surface area contributed by atoms with Crippen molar-refractivity contribution in [2.24, 2.45) is 10.8 Å². The molecule has 2 bridgehead atoms. The Morgan fingerprint density at radius 3 is 2.51 bits per heavy atom. The molecule has 206 valence electrons. The number of hydrogen-bond acceptors (Lipinski definition) is 11. The third kappa shape index (κ3) is 5.39. The summed E-state index contributed by atoms with van der Waals surface area (Å²) >= 11 is 12.3. The van der Waals surface area contributed by atoms with E-state index in [2.05, 4.69) is 82.0 Å². The summed E-state index contributed by atoms with van der Waals surface area (Å²) in [5.41, 5.74) is 1.67. The molecule has 2 heterocycles. The number of alkyl halides is 1. The minimum Gasteiger partial charge on any atom is -0.507 e. The molecule has 0 spiro atoms. The van der Waals surface area contributed by atoms with Crippen LogP contribution in [0.3, 0.4) is 0 Å². The summed E-state index contributed by atoms with van der Waals surface area (Å²) in [6, 6.07) is 6.82. The second kappa shape index (κ2) is 9.66. The second-order valence-electron chi connectivity index (χ2n) is 11.8. The SMILES string of the molecule is C[C@]12CC[C@](C)(C1)[C@H](F)[C@H](N(c1cnc(-c3ccc(-c4cnnc(OC(S)(S)S)c4)cc3O)nn1)C1CC1)C2. The summed E-state index contributed by atoms with van der Waals surface area (Å²) in [5.74, 6) is 1.06. The predicted molar refractivity (Wildman–Crippen MR) is 157 cm³/mol. The smallest absolute Gasteiger partial charge is 0.243 e. The van der Waals surface area contributed by atoms with Crippen molar-refractivity contribution >= 4 is 43.7 Å². The van der Waals surface area contributed by atoms with Crippen LogP contribution in [0.15, 0.2) is 36.7 Å². The van der Waals surface area contributed by atoms with Crippen LogP contribution in [0.1, 0.15) is 52.4 Å². The van der Waals surface area contributed by atoms with Crippen LogP contribution < -0.4 is 9.64 Å². The summed E-state index contributed by atoms with van der Waals surface area (Å²) in [6.45, 7) is 4.40. The zero-order valence-corrected chi connectivity index (χ0v) is 24.4. The van der Waals surface area contributed by atoms with Crippen LogP contribution in [-0.4, -0.2) is 52.3 Å². The molecule has 0 amide bonds. The topological polar surface area (TPSA) is 97.2 Å². The third-order valence-electron chi connectivity index (χ3n) is 8.39. The maximum absolute atomic E-state index is 15.9. The van der Waals surface area contributed by atoms with Crippen molar-refractivity contribution < 1.29 is 14.2 Å². The zero-order chi connectivity index (χ0) is 27.6. The van der Waals surface area contributed by atoms with Crippen LogP contribution in [0.4, 0.5) is 10.2 Å². The van der Waals surface area contributed by atoms with Gasteiger partial charge < -0.3 is 14.7 Å². The highest BCUT2D eigenvalue weighted by Gasteiger charge is 2.58. The zero-order valence-electron chi connectivity index (χ0n) is 21.7. The Kier molecular flexibility index (Phi) is 6.66. The minimum atomic E-state index is -1.32. The van der Waals surface area contributed by atoms with Gasteiger partial charge in [0.1, 0.15) is 11.9 Å². The number of thiol groups is 3. The highest BCUT2D eigenvalue weighted by molar-refractivity contribution is 8.16. The highest BCUT2D eigenvalue weighted by atomic mass is 32.2. The fourth-order valence-electron chi connectivity index (χ4n) is 6.55. The molecule has 6 rings (SSSR count). The molecule has 3 fully saturated rings. The van der Waals surface area contributed by atoms with Crippen LogP contribution >= 0.6 is 37.9 Å². The normalized spacial score (nSPS) is 28.4. The van der Waals surface area contributed by atoms with Gasteiger partial charge >= 0.3 is 0 Å². The molecular formula is C27H31FN6O2S3. The molecule has 2 aromatic heterocycles. The quantitative estimate of drug-likeness (QED) is 0.205. The Hall–Kier alpha value is -2.31. The van der Waals surface area contributed by atoms with Crippen molar-refractivity contribution in [3.63, 3.8) is 0 Å². The molecule has 0 aliphatic heterocycles. The van der Waals surface area contributed by atoms with E-state index in [0.29, 0.717) is 28.3 Å². The lowest BCUT2D eigenvalue weighted by atomic mass is 9.67. The van der Waals surface area contributed by atoms with Gasteiger partial charge in [-0.2, -0.15) is 5.10 Å². The number of phenols is 1. The lowest BCUT2D eigenvalue weighted by Gasteiger charge is -2.47. The van der Waals surface area contributed by atoms with Crippen LogP contribution in [0.5, 0.6) is 11.6 Å². The van der Waals surface area contributed by atoms with E-state index in [1.165, 1.54) is 0 Å². The molecule has 12 heteroatoms. The average Bonchev–Trinajstić information content (AvgIpc) is 3.67. The molecule has 3 aromatic rings. The lowest BCUT2D eigenvalue weighted by Crippen LogP contribution is -2.54. The van der Waals surface area contributed by atoms with E-state index in [1.807, 2.05) is 6.07 Å². The number of ether oxygens (including phenoxy) is 1. The summed E-state index contributed by atoms with van der Waals surface area (Å²) in [4.78, 5) is 6.68. The van der Waals surface area contributed by atoms with Gasteiger partial charge in [0.15, 0.2) is 11.6 Å². The monoisotopic (exact) mass is 586 g/mol. The molecule has 3 aliphatic carbocycles. The van der Waals surface area contributed by atoms with Gasteiger partial charge in [0, 0.05) is 23.1 Å². The maximum Gasteiger partial charge on any atom is 0.243 e. The molecule has 1 N–H and O–H groups in total. The Morgan fingerprint density at radius 1 is 1.05 bits per heavy atom. The molecule has 4 atom stereocenters. The van der Waals surface area contributed by atoms with Gasteiger partial charge in [-0.1, -0.05) is 19.9 Å². The fourth-order valence-corrected chi connectivity index (χ4v) is 6.83. The van der Waals surface area contributed by atoms with Crippen molar-refractivity contribution in [1.29, 1.82) is 0 Å². The van der Waals surface area contributed by atoms with Crippen LogP contribution in [-0.2, 0) is 0 Å². The van der Waals surface area contributed by atoms with E-state index in [4.69, 9.17) is 4.74 Å². The Balaban J connectivity index is 1.24. The van der Waals surface area contributed by atoms with Crippen LogP contribution in [0.25, 0.3) is 22.5 Å². The van der Waals surface area contributed by atoms with Crippen molar-refractivity contribution in [2.75, 3.05) is 4.90 Å². The van der Waals surface area contributed by atoms with E-state index in [9.17, 15) is 5.11 Å². The first kappa shape index (κ1) is 26.9. The predicted octanol–water partition coefficient (Wildman–Crippen LogP) is 5.76. The standard InChI is InChI=1S/C27H31FN6O2S3/c1-25-7-8-26(2,14-25)23(28)19(11-25)34(17-4-5-17)21-13-29-24(33-31-21)18-6-3-15(9-20(18)35)16-10-22(32-30-12-16)36-27(37,38)39/h3,6,9-10,12-13,17,19,23,35,37-39H,4-5,7-8,11,14H2,1-2H3/t19-,23-,25-,26-/m1/s1. The van der Waals surface area contributed by atoms with Crippen molar-refractivity contribution in [2.45, 2.75) is 74.2 Å². The first-order valence-corrected chi connectivity index (χ1v) is 14.4. The minimum absolute atomic E-state index is 0.0131. The molecule has 1 aromatic carbocycles. The average molecular weight is 587 g/mol. The van der Waals surface area contributed by atoms with Crippen LogP contribution in [0, 0.1) is 10.8 Å². The molecule has 3 saturated carbocycles. The molecule has 39 heavy (non-hydrogen) atoms. The van der Waals surface area contributed by atoms with Gasteiger partial charge in [-0.15, -0.1) is 53.2 Å². The van der Waals surface area contributed by atoms with Gasteiger partial charge in [-0.3, -0.25) is 0 Å². The van der Waals surface area contributed by atoms with Crippen molar-refractivity contribution in [3.05, 3.63) is 36.7 Å². The molecule has 0 saturated heterocycles. The van der Waals surface area contributed by atoms with Crippen molar-refractivity contribution in [3.8, 4) is 34.1 Å². The van der Waals surface area contributed by atoms with Gasteiger partial charge in [0.2, 0.25) is 9.48 Å². The molecular weight excluding hydrogens is 556 g/mol. The number of rotatable bonds is 7. The fraction of sp³-hybridized carbons (Fsp3) is 0.519. The number of halogens is 1. The number of anilines is 1. The first-order chi connectivity index (χ1) is 18.4. The first-order valence-electron chi connectivity index (χ1n) is 13.1. The van der Waals surface area contributed by atoms with Gasteiger partial charge in [0.25, 0.3) is 0 Å². The largest absolute Gasteiger partial charge is 0.507 e. The Morgan fingerprint density at radius 2 is 1.85 bits per heavy atom. The van der Waals surface area contributed by atoms with Gasteiger partial charge in [-0.05, 0) is 61.6 Å². The van der Waals surface area contributed by atoms with E-state index < -0.39 is 9.77 Å². The second-order valence-corrected chi connectivity index (χ2v) is 14.7. The number of fused-ring (bicyclic) bond motifs is 2. The third-order valence-corrected chi connectivity index (χ3v) is 8.67. The number of hydrogen-bond donors (Lipinski definition) is 4. The van der Waals surface area contributed by atoms with Gasteiger partial charge in [-0.25, -0.2) is 9.37 Å². The lowest BCUT2D eigenvalue weighted by molar-refractivity contribution is 0.0357. The van der Waals surface area contributed by atoms with Crippen molar-refractivity contribution in [1.82, 2.24) is 25.4 Å². The van der Waals surface area contributed by atoms with E-state index in [1.54, 1.807) is 30.6 Å². The number of aromatic hydroxyl groups is 1. The number of aromatic nitrogens is 5. The highest BCUT2D eigenvalue weighted by Crippen LogP contribution is 2.60. The number of benzene rings is 1. The maximum atomic E-state index is 15.9. The van der Waals surface area contributed by atoms with E-state index in [-0.39, 0.29) is 34.5 Å². The summed E-state index contributed by atoms with van der Waals surface area (Å²) in [6.07, 6.45) is 8.11. The van der Waals surface area contributed by atoms with Gasteiger partial charge in [0.05, 0.1) is 24.0 Å². The molecule has 0 unspecified atom stereocenters. The number of phenolic OH excluding ortho intramolecular Hbond substituents is 1. The molecule has 8 nitrogen and oxygen atoms in total. The Bertz CT molecular complexity index is 1390. The number of nitrogens with zero attached hydrogens (tertiary/aromatic N) is 6. The molecule has 0 radical (unpaired) electrons. The van der Waals surface area contributed by atoms with E-state index >= 15 is 4.39 Å². The van der Waals surface area contributed by atoms with Crippen LogP contribution in [0.2, 0.25) is 0 Å². The Labute approximate surface area is 243 Å². The summed E-state index contributed by atoms with van der Waals surface area (Å²) in [5, 5.41) is 27.5. The summed E-state index contributed by atoms with van der Waals surface area (Å²) in [7, 11) is 0. The molecule has 3 aliphatic rings.